The number of hydroxylamine groups is 2. The van der Waals surface area contributed by atoms with Crippen LogP contribution in [0.25, 0.3) is 11.3 Å². The first kappa shape index (κ1) is 15.0. The van der Waals surface area contributed by atoms with Crippen LogP contribution in [0.5, 0.6) is 0 Å². The number of anilines is 1. The van der Waals surface area contributed by atoms with Gasteiger partial charge in [0.1, 0.15) is 0 Å². The second-order valence-electron chi connectivity index (χ2n) is 6.34. The van der Waals surface area contributed by atoms with Crippen molar-refractivity contribution < 1.29 is 9.63 Å². The molecular formula is C20H20N2O2. The van der Waals surface area contributed by atoms with E-state index in [0.717, 1.165) is 33.7 Å². The molecule has 4 rings (SSSR count). The van der Waals surface area contributed by atoms with Crippen LogP contribution >= 0.6 is 0 Å². The van der Waals surface area contributed by atoms with Gasteiger partial charge in [-0.2, -0.15) is 0 Å². The van der Waals surface area contributed by atoms with Crippen molar-refractivity contribution in [2.45, 2.75) is 26.4 Å². The quantitative estimate of drug-likeness (QED) is 0.742. The summed E-state index contributed by atoms with van der Waals surface area (Å²) in [7, 11) is 1.95. The van der Waals surface area contributed by atoms with Gasteiger partial charge in [0.25, 0.3) is 0 Å². The summed E-state index contributed by atoms with van der Waals surface area (Å²) in [5.74, 6) is 0.942. The Kier molecular flexibility index (Phi) is 3.43. The maximum Gasteiger partial charge on any atom is 0.224 e. The Bertz CT molecular complexity index is 856. The van der Waals surface area contributed by atoms with Crippen LogP contribution < -0.4 is 4.90 Å². The molecule has 0 N–H and O–H groups in total. The van der Waals surface area contributed by atoms with Gasteiger partial charge in [-0.25, -0.2) is 0 Å². The monoisotopic (exact) mass is 320 g/mol. The number of benzene rings is 2. The first-order chi connectivity index (χ1) is 11.6. The van der Waals surface area contributed by atoms with Gasteiger partial charge in [0, 0.05) is 30.7 Å². The SMILES string of the molecule is CC(=O)N1Cc2ccccc2C2=C(c3ccccc31)C(C)N(C)O2. The lowest BCUT2D eigenvalue weighted by molar-refractivity contribution is -0.116. The second kappa shape index (κ2) is 5.49. The zero-order chi connectivity index (χ0) is 16.8. The predicted octanol–water partition coefficient (Wildman–Crippen LogP) is 3.69. The number of hydrogen-bond donors (Lipinski definition) is 0. The standard InChI is InChI=1S/C20H20N2O2/c1-13-19-17-10-6-7-11-18(17)22(14(2)23)12-15-8-4-5-9-16(15)20(19)24-21(13)3/h4-11,13H,12H2,1-3H3. The zero-order valence-electron chi connectivity index (χ0n) is 14.1. The fraction of sp³-hybridized carbons (Fsp3) is 0.250. The van der Waals surface area contributed by atoms with Gasteiger partial charge in [-0.1, -0.05) is 42.5 Å². The average Bonchev–Trinajstić information content (AvgIpc) is 2.86. The van der Waals surface area contributed by atoms with Crippen molar-refractivity contribution in [3.05, 3.63) is 65.2 Å². The van der Waals surface area contributed by atoms with Gasteiger partial charge in [-0.05, 0) is 18.6 Å². The van der Waals surface area contributed by atoms with Gasteiger partial charge in [0.2, 0.25) is 5.91 Å². The molecule has 0 aliphatic carbocycles. The summed E-state index contributed by atoms with van der Waals surface area (Å²) in [6, 6.07) is 16.4. The minimum absolute atomic E-state index is 0.0428. The molecule has 2 aliphatic rings. The maximum atomic E-state index is 12.3. The van der Waals surface area contributed by atoms with Crippen molar-refractivity contribution >= 4 is 22.9 Å². The van der Waals surface area contributed by atoms with E-state index in [1.807, 2.05) is 47.3 Å². The van der Waals surface area contributed by atoms with E-state index in [4.69, 9.17) is 4.84 Å². The Labute approximate surface area is 141 Å². The molecule has 24 heavy (non-hydrogen) atoms. The number of carbonyl (C=O) groups is 1. The van der Waals surface area contributed by atoms with Crippen LogP contribution in [0.1, 0.15) is 30.5 Å². The van der Waals surface area contributed by atoms with E-state index in [2.05, 4.69) is 25.1 Å². The van der Waals surface area contributed by atoms with Gasteiger partial charge in [-0.3, -0.25) is 4.79 Å². The average molecular weight is 320 g/mol. The van der Waals surface area contributed by atoms with Crippen molar-refractivity contribution in [3.8, 4) is 0 Å². The Balaban J connectivity index is 2.06. The minimum Gasteiger partial charge on any atom is -0.405 e. The smallest absolute Gasteiger partial charge is 0.224 e. The molecule has 2 heterocycles. The lowest BCUT2D eigenvalue weighted by Gasteiger charge is -2.28. The van der Waals surface area contributed by atoms with Gasteiger partial charge in [0.05, 0.1) is 18.3 Å². The summed E-state index contributed by atoms with van der Waals surface area (Å²) >= 11 is 0. The Morgan fingerprint density at radius 1 is 1.08 bits per heavy atom. The number of para-hydroxylation sites is 1. The molecular weight excluding hydrogens is 300 g/mol. The van der Waals surface area contributed by atoms with Gasteiger partial charge < -0.3 is 9.74 Å². The lowest BCUT2D eigenvalue weighted by Crippen LogP contribution is -2.30. The molecule has 0 aromatic heterocycles. The Morgan fingerprint density at radius 3 is 2.50 bits per heavy atom. The van der Waals surface area contributed by atoms with E-state index < -0.39 is 0 Å². The molecule has 0 fully saturated rings. The first-order valence-electron chi connectivity index (χ1n) is 8.18. The molecule has 4 nitrogen and oxygen atoms in total. The molecule has 1 amide bonds. The van der Waals surface area contributed by atoms with Crippen LogP contribution in [0.2, 0.25) is 0 Å². The Morgan fingerprint density at radius 2 is 1.75 bits per heavy atom. The molecule has 4 heteroatoms. The summed E-state index contributed by atoms with van der Waals surface area (Å²) in [5, 5.41) is 1.88. The highest BCUT2D eigenvalue weighted by Gasteiger charge is 2.35. The molecule has 0 radical (unpaired) electrons. The van der Waals surface area contributed by atoms with Crippen LogP contribution in [0.3, 0.4) is 0 Å². The summed E-state index contributed by atoms with van der Waals surface area (Å²) in [6.45, 7) is 4.29. The minimum atomic E-state index is 0.0428. The molecule has 0 saturated carbocycles. The van der Waals surface area contributed by atoms with Crippen molar-refractivity contribution in [2.75, 3.05) is 11.9 Å². The van der Waals surface area contributed by atoms with Gasteiger partial charge in [0.15, 0.2) is 5.76 Å². The number of hydrogen-bond acceptors (Lipinski definition) is 3. The molecule has 1 unspecified atom stereocenters. The number of likely N-dealkylation sites (N-methyl/N-ethyl adjacent to an activating group) is 1. The van der Waals surface area contributed by atoms with Crippen molar-refractivity contribution in [2.24, 2.45) is 0 Å². The number of fused-ring (bicyclic) bond motifs is 4. The molecule has 0 bridgehead atoms. The van der Waals surface area contributed by atoms with Crippen LogP contribution in [-0.2, 0) is 16.2 Å². The summed E-state index contributed by atoms with van der Waals surface area (Å²) in [4.78, 5) is 20.3. The molecule has 0 saturated heterocycles. The van der Waals surface area contributed by atoms with Crippen LogP contribution in [-0.4, -0.2) is 24.1 Å². The Hall–Kier alpha value is -2.59. The molecule has 0 spiro atoms. The first-order valence-corrected chi connectivity index (χ1v) is 8.18. The van der Waals surface area contributed by atoms with E-state index >= 15 is 0 Å². The molecule has 2 aromatic rings. The van der Waals surface area contributed by atoms with Gasteiger partial charge in [-0.15, -0.1) is 5.06 Å². The van der Waals surface area contributed by atoms with Crippen molar-refractivity contribution in [1.82, 2.24) is 5.06 Å². The van der Waals surface area contributed by atoms with E-state index in [9.17, 15) is 4.79 Å². The highest BCUT2D eigenvalue weighted by molar-refractivity contribution is 6.01. The molecule has 1 atom stereocenters. The van der Waals surface area contributed by atoms with E-state index in [-0.39, 0.29) is 11.9 Å². The summed E-state index contributed by atoms with van der Waals surface area (Å²) in [6.07, 6.45) is 0. The van der Waals surface area contributed by atoms with E-state index in [1.54, 1.807) is 6.92 Å². The van der Waals surface area contributed by atoms with E-state index in [1.165, 1.54) is 0 Å². The third-order valence-electron chi connectivity index (χ3n) is 4.90. The normalized spacial score (nSPS) is 19.8. The number of carbonyl (C=O) groups excluding carboxylic acids is 1. The largest absolute Gasteiger partial charge is 0.405 e. The summed E-state index contributed by atoms with van der Waals surface area (Å²) < 4.78 is 0. The van der Waals surface area contributed by atoms with Crippen molar-refractivity contribution in [3.63, 3.8) is 0 Å². The van der Waals surface area contributed by atoms with Gasteiger partial charge >= 0.3 is 0 Å². The van der Waals surface area contributed by atoms with Crippen LogP contribution in [0, 0.1) is 0 Å². The lowest BCUT2D eigenvalue weighted by atomic mass is 9.91. The predicted molar refractivity (Wildman–Crippen MR) is 94.9 cm³/mol. The molecule has 2 aliphatic heterocycles. The topological polar surface area (TPSA) is 32.8 Å². The van der Waals surface area contributed by atoms with Crippen LogP contribution in [0.4, 0.5) is 5.69 Å². The molecule has 122 valence electrons. The highest BCUT2D eigenvalue weighted by Crippen LogP contribution is 2.44. The highest BCUT2D eigenvalue weighted by atomic mass is 16.7. The maximum absolute atomic E-state index is 12.3. The third kappa shape index (κ3) is 2.14. The number of rotatable bonds is 0. The summed E-state index contributed by atoms with van der Waals surface area (Å²) in [5.41, 5.74) is 5.29. The number of amides is 1. The second-order valence-corrected chi connectivity index (χ2v) is 6.34. The molecule has 2 aromatic carbocycles. The van der Waals surface area contributed by atoms with Crippen LogP contribution in [0.15, 0.2) is 48.5 Å². The van der Waals surface area contributed by atoms with Crippen molar-refractivity contribution in [1.29, 1.82) is 0 Å². The van der Waals surface area contributed by atoms with E-state index in [0.29, 0.717) is 6.54 Å². The number of nitrogens with zero attached hydrogens (tertiary/aromatic N) is 2. The fourth-order valence-corrected chi connectivity index (χ4v) is 3.54. The third-order valence-corrected chi connectivity index (χ3v) is 4.90. The fourth-order valence-electron chi connectivity index (χ4n) is 3.54. The zero-order valence-corrected chi connectivity index (χ0v) is 14.1.